The minimum Gasteiger partial charge on any atom is -0.465 e. The van der Waals surface area contributed by atoms with Crippen LogP contribution in [0.3, 0.4) is 0 Å². The van der Waals surface area contributed by atoms with Crippen molar-refractivity contribution < 1.29 is 9.90 Å². The predicted molar refractivity (Wildman–Crippen MR) is 98.4 cm³/mol. The van der Waals surface area contributed by atoms with Crippen LogP contribution in [-0.2, 0) is 12.0 Å². The lowest BCUT2D eigenvalue weighted by atomic mass is 9.96. The molecule has 7 heteroatoms. The first-order chi connectivity index (χ1) is 11.4. The van der Waals surface area contributed by atoms with E-state index in [1.807, 2.05) is 53.7 Å². The average Bonchev–Trinajstić information content (AvgIpc) is 2.87. The van der Waals surface area contributed by atoms with Crippen molar-refractivity contribution >= 4 is 17.7 Å². The Morgan fingerprint density at radius 2 is 1.88 bits per heavy atom. The van der Waals surface area contributed by atoms with E-state index in [0.717, 1.165) is 5.69 Å². The molecule has 0 aliphatic rings. The van der Waals surface area contributed by atoms with Crippen LogP contribution in [0, 0.1) is 0 Å². The molecule has 0 bridgehead atoms. The maximum absolute atomic E-state index is 11.7. The maximum atomic E-state index is 11.7. The highest BCUT2D eigenvalue weighted by atomic mass is 35.5. The molecular formula is C18H25ClN4O2. The van der Waals surface area contributed by atoms with Crippen molar-refractivity contribution in [1.82, 2.24) is 19.7 Å². The second-order valence-corrected chi connectivity index (χ2v) is 8.47. The summed E-state index contributed by atoms with van der Waals surface area (Å²) in [6.07, 6.45) is -0.995. The summed E-state index contributed by atoms with van der Waals surface area (Å²) in [4.78, 5) is 17.7. The quantitative estimate of drug-likeness (QED) is 0.870. The molecule has 0 aliphatic carbocycles. The standard InChI is InChI=1S/C18H25ClN4O2/c1-17(2,3)15-20-14(11-22(16(24)25)18(4,5)6)23(21-15)13-9-7-8-12(19)10-13/h7-10H,11H2,1-6H3,(H,24,25). The zero-order valence-corrected chi connectivity index (χ0v) is 16.3. The van der Waals surface area contributed by atoms with E-state index in [4.69, 9.17) is 11.6 Å². The van der Waals surface area contributed by atoms with Crippen molar-refractivity contribution in [2.75, 3.05) is 0 Å². The third-order valence-electron chi connectivity index (χ3n) is 3.74. The number of hydrogen-bond acceptors (Lipinski definition) is 3. The molecule has 2 rings (SSSR count). The number of aromatic nitrogens is 3. The van der Waals surface area contributed by atoms with Crippen LogP contribution in [0.25, 0.3) is 5.69 Å². The molecule has 2 aromatic rings. The fourth-order valence-electron chi connectivity index (χ4n) is 2.31. The van der Waals surface area contributed by atoms with Crippen molar-refractivity contribution in [3.8, 4) is 5.69 Å². The molecular weight excluding hydrogens is 340 g/mol. The average molecular weight is 365 g/mol. The van der Waals surface area contributed by atoms with Gasteiger partial charge in [0.1, 0.15) is 0 Å². The summed E-state index contributed by atoms with van der Waals surface area (Å²) in [6.45, 7) is 11.8. The lowest BCUT2D eigenvalue weighted by Crippen LogP contribution is -2.44. The predicted octanol–water partition coefficient (Wildman–Crippen LogP) is 4.50. The highest BCUT2D eigenvalue weighted by Crippen LogP contribution is 2.24. The Morgan fingerprint density at radius 3 is 2.36 bits per heavy atom. The summed E-state index contributed by atoms with van der Waals surface area (Å²) in [6, 6.07) is 7.27. The van der Waals surface area contributed by atoms with Crippen LogP contribution in [0.15, 0.2) is 24.3 Å². The van der Waals surface area contributed by atoms with Gasteiger partial charge in [-0.25, -0.2) is 14.5 Å². The van der Waals surface area contributed by atoms with E-state index in [1.54, 1.807) is 16.8 Å². The van der Waals surface area contributed by atoms with Gasteiger partial charge in [-0.2, -0.15) is 5.10 Å². The Bertz CT molecular complexity index is 772. The van der Waals surface area contributed by atoms with E-state index in [0.29, 0.717) is 16.7 Å². The van der Waals surface area contributed by atoms with E-state index in [9.17, 15) is 9.90 Å². The lowest BCUT2D eigenvalue weighted by molar-refractivity contribution is 0.0933. The molecule has 0 saturated carbocycles. The van der Waals surface area contributed by atoms with Gasteiger partial charge < -0.3 is 5.11 Å². The summed E-state index contributed by atoms with van der Waals surface area (Å²) in [7, 11) is 0. The number of benzene rings is 1. The molecule has 1 heterocycles. The molecule has 0 radical (unpaired) electrons. The zero-order valence-electron chi connectivity index (χ0n) is 15.5. The van der Waals surface area contributed by atoms with Crippen molar-refractivity contribution in [1.29, 1.82) is 0 Å². The summed E-state index contributed by atoms with van der Waals surface area (Å²) in [5.41, 5.74) is -0.0579. The van der Waals surface area contributed by atoms with Gasteiger partial charge in [0.2, 0.25) is 0 Å². The molecule has 136 valence electrons. The minimum atomic E-state index is -0.995. The molecule has 0 atom stereocenters. The third kappa shape index (κ3) is 4.51. The first kappa shape index (κ1) is 19.2. The zero-order chi connectivity index (χ0) is 19.0. The molecule has 1 aromatic heterocycles. The Balaban J connectivity index is 2.56. The lowest BCUT2D eigenvalue weighted by Gasteiger charge is -2.32. The third-order valence-corrected chi connectivity index (χ3v) is 3.97. The van der Waals surface area contributed by atoms with Crippen LogP contribution in [0.5, 0.6) is 0 Å². The second kappa shape index (κ2) is 6.67. The Morgan fingerprint density at radius 1 is 1.24 bits per heavy atom. The van der Waals surface area contributed by atoms with E-state index in [1.165, 1.54) is 4.90 Å². The molecule has 0 saturated heterocycles. The Kier molecular flexibility index (Phi) is 5.14. The van der Waals surface area contributed by atoms with Gasteiger partial charge in [-0.15, -0.1) is 0 Å². The molecule has 1 N–H and O–H groups in total. The number of halogens is 1. The van der Waals surface area contributed by atoms with Crippen molar-refractivity contribution in [3.63, 3.8) is 0 Å². The van der Waals surface area contributed by atoms with Crippen molar-refractivity contribution in [2.45, 2.75) is 59.0 Å². The fourth-order valence-corrected chi connectivity index (χ4v) is 2.50. The van der Waals surface area contributed by atoms with Crippen LogP contribution in [0.4, 0.5) is 4.79 Å². The van der Waals surface area contributed by atoms with Crippen LogP contribution < -0.4 is 0 Å². The largest absolute Gasteiger partial charge is 0.465 e. The van der Waals surface area contributed by atoms with Gasteiger partial charge in [-0.1, -0.05) is 38.4 Å². The van der Waals surface area contributed by atoms with Crippen LogP contribution in [0.1, 0.15) is 53.2 Å². The summed E-state index contributed by atoms with van der Waals surface area (Å²) in [5, 5.41) is 14.8. The van der Waals surface area contributed by atoms with E-state index in [2.05, 4.69) is 10.1 Å². The number of nitrogens with zero attached hydrogens (tertiary/aromatic N) is 4. The number of carbonyl (C=O) groups is 1. The highest BCUT2D eigenvalue weighted by molar-refractivity contribution is 6.30. The molecule has 0 fully saturated rings. The van der Waals surface area contributed by atoms with Crippen molar-refractivity contribution in [2.24, 2.45) is 0 Å². The number of carboxylic acid groups (broad SMARTS) is 1. The molecule has 1 aromatic carbocycles. The fraction of sp³-hybridized carbons (Fsp3) is 0.500. The second-order valence-electron chi connectivity index (χ2n) is 8.03. The number of amides is 1. The van der Waals surface area contributed by atoms with Crippen LogP contribution in [-0.4, -0.2) is 36.4 Å². The van der Waals surface area contributed by atoms with Crippen LogP contribution >= 0.6 is 11.6 Å². The summed E-state index contributed by atoms with van der Waals surface area (Å²) >= 11 is 6.11. The van der Waals surface area contributed by atoms with E-state index in [-0.39, 0.29) is 12.0 Å². The monoisotopic (exact) mass is 364 g/mol. The first-order valence-electron chi connectivity index (χ1n) is 8.12. The summed E-state index contributed by atoms with van der Waals surface area (Å²) < 4.78 is 1.67. The van der Waals surface area contributed by atoms with E-state index >= 15 is 0 Å². The van der Waals surface area contributed by atoms with Gasteiger partial charge in [0.05, 0.1) is 12.2 Å². The molecule has 6 nitrogen and oxygen atoms in total. The molecule has 1 amide bonds. The normalized spacial score (nSPS) is 12.3. The van der Waals surface area contributed by atoms with Gasteiger partial charge in [-0.05, 0) is 39.0 Å². The van der Waals surface area contributed by atoms with Gasteiger partial charge in [0.15, 0.2) is 11.6 Å². The molecule has 0 aliphatic heterocycles. The summed E-state index contributed by atoms with van der Waals surface area (Å²) in [5.74, 6) is 1.21. The minimum absolute atomic E-state index is 0.133. The maximum Gasteiger partial charge on any atom is 0.408 e. The highest BCUT2D eigenvalue weighted by Gasteiger charge is 2.30. The SMILES string of the molecule is CC(C)(C)c1nc(CN(C(=O)O)C(C)(C)C)n(-c2cccc(Cl)c2)n1. The van der Waals surface area contributed by atoms with Gasteiger partial charge in [0, 0.05) is 16.0 Å². The molecule has 25 heavy (non-hydrogen) atoms. The smallest absolute Gasteiger partial charge is 0.408 e. The Labute approximate surface area is 153 Å². The number of rotatable bonds is 3. The molecule has 0 unspecified atom stereocenters. The molecule has 0 spiro atoms. The van der Waals surface area contributed by atoms with E-state index < -0.39 is 11.6 Å². The topological polar surface area (TPSA) is 71.2 Å². The number of hydrogen-bond donors (Lipinski definition) is 1. The Hall–Kier alpha value is -2.08. The van der Waals surface area contributed by atoms with Gasteiger partial charge in [0.25, 0.3) is 0 Å². The van der Waals surface area contributed by atoms with Gasteiger partial charge >= 0.3 is 6.09 Å². The van der Waals surface area contributed by atoms with Gasteiger partial charge in [-0.3, -0.25) is 4.90 Å². The van der Waals surface area contributed by atoms with Crippen LogP contribution in [0.2, 0.25) is 5.02 Å². The first-order valence-corrected chi connectivity index (χ1v) is 8.50. The van der Waals surface area contributed by atoms with Crippen molar-refractivity contribution in [3.05, 3.63) is 40.9 Å².